The molecule has 1 saturated heterocycles. The molecule has 1 aromatic carbocycles. The number of nitrogens with zero attached hydrogens (tertiary/aromatic N) is 1. The molecule has 1 unspecified atom stereocenters. The topological polar surface area (TPSA) is 29.5 Å². The third-order valence-corrected chi connectivity index (χ3v) is 3.58. The van der Waals surface area contributed by atoms with Gasteiger partial charge in [0, 0.05) is 31.1 Å². The van der Waals surface area contributed by atoms with Crippen molar-refractivity contribution in [3.63, 3.8) is 0 Å². The molecule has 0 aromatic heterocycles. The molecule has 3 nitrogen and oxygen atoms in total. The number of morpholine rings is 1. The first-order valence-electron chi connectivity index (χ1n) is 6.59. The molecule has 1 aromatic rings. The van der Waals surface area contributed by atoms with Gasteiger partial charge in [-0.05, 0) is 19.4 Å². The van der Waals surface area contributed by atoms with E-state index in [1.54, 1.807) is 0 Å². The smallest absolute Gasteiger partial charge is 0.164 e. The van der Waals surface area contributed by atoms with Crippen LogP contribution in [0.1, 0.15) is 29.3 Å². The maximum absolute atomic E-state index is 12.2. The van der Waals surface area contributed by atoms with Crippen LogP contribution in [0, 0.1) is 6.92 Å². The lowest BCUT2D eigenvalue weighted by Crippen LogP contribution is -2.44. The van der Waals surface area contributed by atoms with Crippen molar-refractivity contribution in [2.24, 2.45) is 0 Å². The zero-order valence-corrected chi connectivity index (χ0v) is 11.2. The molecule has 0 bridgehead atoms. The summed E-state index contributed by atoms with van der Waals surface area (Å²) in [6.07, 6.45) is 0.592. The summed E-state index contributed by atoms with van der Waals surface area (Å²) in [5.74, 6) is 0.242. The van der Waals surface area contributed by atoms with E-state index in [0.29, 0.717) is 12.5 Å². The number of Topliss-reactive ketones (excluding diaryl/α,β-unsaturated/α-hetero) is 1. The van der Waals surface area contributed by atoms with Gasteiger partial charge in [0.15, 0.2) is 5.78 Å². The van der Waals surface area contributed by atoms with E-state index in [0.717, 1.165) is 37.4 Å². The van der Waals surface area contributed by atoms with E-state index >= 15 is 0 Å². The fourth-order valence-electron chi connectivity index (χ4n) is 2.36. The molecule has 1 atom stereocenters. The van der Waals surface area contributed by atoms with Crippen LogP contribution in [0.2, 0.25) is 0 Å². The van der Waals surface area contributed by atoms with Crippen LogP contribution in [0.4, 0.5) is 0 Å². The van der Waals surface area contributed by atoms with Gasteiger partial charge in [0.2, 0.25) is 0 Å². The first-order valence-corrected chi connectivity index (χ1v) is 6.59. The highest BCUT2D eigenvalue weighted by Gasteiger charge is 2.19. The highest BCUT2D eigenvalue weighted by Crippen LogP contribution is 2.12. The van der Waals surface area contributed by atoms with Crippen LogP contribution < -0.4 is 0 Å². The van der Waals surface area contributed by atoms with Crippen molar-refractivity contribution in [3.05, 3.63) is 35.4 Å². The van der Waals surface area contributed by atoms with Gasteiger partial charge in [-0.25, -0.2) is 0 Å². The maximum Gasteiger partial charge on any atom is 0.164 e. The average molecular weight is 247 g/mol. The van der Waals surface area contributed by atoms with E-state index in [-0.39, 0.29) is 5.78 Å². The molecule has 0 saturated carbocycles. The van der Waals surface area contributed by atoms with E-state index in [4.69, 9.17) is 4.74 Å². The number of ether oxygens (including phenoxy) is 1. The minimum absolute atomic E-state index is 0.242. The minimum atomic E-state index is 0.242. The summed E-state index contributed by atoms with van der Waals surface area (Å²) < 4.78 is 5.40. The summed E-state index contributed by atoms with van der Waals surface area (Å²) in [4.78, 5) is 14.5. The number of ketones is 1. The van der Waals surface area contributed by atoms with Crippen molar-refractivity contribution < 1.29 is 9.53 Å². The number of hydrogen-bond acceptors (Lipinski definition) is 3. The van der Waals surface area contributed by atoms with Gasteiger partial charge in [-0.3, -0.25) is 9.69 Å². The monoisotopic (exact) mass is 247 g/mol. The van der Waals surface area contributed by atoms with Crippen LogP contribution in [-0.2, 0) is 4.74 Å². The molecule has 0 N–H and O–H groups in total. The standard InChI is InChI=1S/C15H21NO2/c1-12-5-3-4-6-14(12)15(17)7-8-16-9-10-18-11-13(16)2/h3-6,13H,7-11H2,1-2H3. The van der Waals surface area contributed by atoms with Crippen LogP contribution in [-0.4, -0.2) is 43.0 Å². The Labute approximate surface area is 109 Å². The quantitative estimate of drug-likeness (QED) is 0.765. The van der Waals surface area contributed by atoms with E-state index in [1.165, 1.54) is 0 Å². The average Bonchev–Trinajstić information content (AvgIpc) is 2.38. The molecule has 1 aliphatic rings. The minimum Gasteiger partial charge on any atom is -0.379 e. The van der Waals surface area contributed by atoms with Crippen molar-refractivity contribution in [1.29, 1.82) is 0 Å². The van der Waals surface area contributed by atoms with Crippen LogP contribution in [0.3, 0.4) is 0 Å². The number of carbonyl (C=O) groups excluding carboxylic acids is 1. The largest absolute Gasteiger partial charge is 0.379 e. The summed E-state index contributed by atoms with van der Waals surface area (Å²) >= 11 is 0. The molecule has 3 heteroatoms. The summed E-state index contributed by atoms with van der Waals surface area (Å²) in [6, 6.07) is 8.22. The predicted molar refractivity (Wildman–Crippen MR) is 72.0 cm³/mol. The lowest BCUT2D eigenvalue weighted by molar-refractivity contribution is -0.000210. The Morgan fingerprint density at radius 3 is 2.94 bits per heavy atom. The Bertz CT molecular complexity index is 417. The molecule has 0 radical (unpaired) electrons. The summed E-state index contributed by atoms with van der Waals surface area (Å²) in [5, 5.41) is 0. The van der Waals surface area contributed by atoms with Gasteiger partial charge in [-0.1, -0.05) is 24.3 Å². The second kappa shape index (κ2) is 6.12. The number of carbonyl (C=O) groups is 1. The molecule has 0 aliphatic carbocycles. The summed E-state index contributed by atoms with van der Waals surface area (Å²) in [5.41, 5.74) is 1.93. The van der Waals surface area contributed by atoms with Gasteiger partial charge in [0.1, 0.15) is 0 Å². The fraction of sp³-hybridized carbons (Fsp3) is 0.533. The third-order valence-electron chi connectivity index (χ3n) is 3.58. The molecule has 2 rings (SSSR count). The van der Waals surface area contributed by atoms with Crippen LogP contribution in [0.15, 0.2) is 24.3 Å². The third kappa shape index (κ3) is 3.18. The van der Waals surface area contributed by atoms with Crippen molar-refractivity contribution in [2.75, 3.05) is 26.3 Å². The Morgan fingerprint density at radius 1 is 1.44 bits per heavy atom. The van der Waals surface area contributed by atoms with Crippen molar-refractivity contribution in [2.45, 2.75) is 26.3 Å². The van der Waals surface area contributed by atoms with Gasteiger partial charge in [0.05, 0.1) is 13.2 Å². The molecule has 1 fully saturated rings. The van der Waals surface area contributed by atoms with Gasteiger partial charge in [0.25, 0.3) is 0 Å². The lowest BCUT2D eigenvalue weighted by Gasteiger charge is -2.32. The molecular formula is C15H21NO2. The van der Waals surface area contributed by atoms with E-state index in [1.807, 2.05) is 31.2 Å². The fourth-order valence-corrected chi connectivity index (χ4v) is 2.36. The van der Waals surface area contributed by atoms with E-state index < -0.39 is 0 Å². The zero-order chi connectivity index (χ0) is 13.0. The Balaban J connectivity index is 1.90. The first kappa shape index (κ1) is 13.2. The molecule has 1 heterocycles. The Morgan fingerprint density at radius 2 is 2.22 bits per heavy atom. The van der Waals surface area contributed by atoms with Gasteiger partial charge >= 0.3 is 0 Å². The van der Waals surface area contributed by atoms with Crippen LogP contribution >= 0.6 is 0 Å². The number of benzene rings is 1. The van der Waals surface area contributed by atoms with E-state index in [2.05, 4.69) is 11.8 Å². The van der Waals surface area contributed by atoms with Gasteiger partial charge in [-0.15, -0.1) is 0 Å². The summed E-state index contributed by atoms with van der Waals surface area (Å²) in [6.45, 7) is 7.46. The normalized spacial score (nSPS) is 20.9. The molecule has 0 amide bonds. The van der Waals surface area contributed by atoms with Crippen molar-refractivity contribution >= 4 is 5.78 Å². The predicted octanol–water partition coefficient (Wildman–Crippen LogP) is 2.29. The number of rotatable bonds is 4. The lowest BCUT2D eigenvalue weighted by atomic mass is 10.0. The van der Waals surface area contributed by atoms with Crippen molar-refractivity contribution in [1.82, 2.24) is 4.90 Å². The van der Waals surface area contributed by atoms with Crippen molar-refractivity contribution in [3.8, 4) is 0 Å². The Kier molecular flexibility index (Phi) is 4.50. The molecule has 18 heavy (non-hydrogen) atoms. The van der Waals surface area contributed by atoms with E-state index in [9.17, 15) is 4.79 Å². The second-order valence-corrected chi connectivity index (χ2v) is 4.95. The van der Waals surface area contributed by atoms with Crippen LogP contribution in [0.5, 0.6) is 0 Å². The number of hydrogen-bond donors (Lipinski definition) is 0. The molecular weight excluding hydrogens is 226 g/mol. The van der Waals surface area contributed by atoms with Crippen LogP contribution in [0.25, 0.3) is 0 Å². The Hall–Kier alpha value is -1.19. The SMILES string of the molecule is Cc1ccccc1C(=O)CCN1CCOCC1C. The van der Waals surface area contributed by atoms with Gasteiger partial charge < -0.3 is 4.74 Å². The number of aryl methyl sites for hydroxylation is 1. The maximum atomic E-state index is 12.2. The molecule has 98 valence electrons. The zero-order valence-electron chi connectivity index (χ0n) is 11.2. The highest BCUT2D eigenvalue weighted by molar-refractivity contribution is 5.97. The summed E-state index contributed by atoms with van der Waals surface area (Å²) in [7, 11) is 0. The molecule has 1 aliphatic heterocycles. The van der Waals surface area contributed by atoms with Gasteiger partial charge in [-0.2, -0.15) is 0 Å². The second-order valence-electron chi connectivity index (χ2n) is 4.95. The first-order chi connectivity index (χ1) is 8.68. The molecule has 0 spiro atoms. The highest BCUT2D eigenvalue weighted by atomic mass is 16.5.